The number of amides is 1. The van der Waals surface area contributed by atoms with E-state index in [4.69, 9.17) is 14.2 Å². The molecule has 6 rings (SSSR count). The second-order valence-corrected chi connectivity index (χ2v) is 18.4. The maximum atomic E-state index is 13.6. The van der Waals surface area contributed by atoms with Crippen LogP contribution in [0.5, 0.6) is 5.75 Å². The van der Waals surface area contributed by atoms with Gasteiger partial charge >= 0.3 is 6.09 Å². The number of aromatic nitrogens is 1. The molecule has 0 radical (unpaired) electrons. The number of carbonyl (C=O) groups excluding carboxylic acids is 1. The molecule has 1 amide bonds. The lowest BCUT2D eigenvalue weighted by atomic mass is 9.88. The fraction of sp³-hybridized carbons (Fsp3) is 0.529. The molecule has 13 nitrogen and oxygen atoms in total. The van der Waals surface area contributed by atoms with Gasteiger partial charge in [0, 0.05) is 24.7 Å². The topological polar surface area (TPSA) is 173 Å². The molecule has 2 aliphatic heterocycles. The van der Waals surface area contributed by atoms with Crippen LogP contribution in [0.1, 0.15) is 52.9 Å². The van der Waals surface area contributed by atoms with E-state index in [1.54, 1.807) is 32.9 Å². The number of nitrogens with zero attached hydrogens (tertiary/aromatic N) is 2. The third-order valence-corrected chi connectivity index (χ3v) is 13.4. The molecule has 2 saturated heterocycles. The van der Waals surface area contributed by atoms with Crippen LogP contribution in [0.4, 0.5) is 9.18 Å². The van der Waals surface area contributed by atoms with E-state index >= 15 is 0 Å². The van der Waals surface area contributed by atoms with Crippen LogP contribution < -0.4 is 10.2 Å². The van der Waals surface area contributed by atoms with E-state index in [1.807, 2.05) is 0 Å². The van der Waals surface area contributed by atoms with Crippen LogP contribution in [0, 0.1) is 5.82 Å². The highest BCUT2D eigenvalue weighted by Gasteiger charge is 2.48. The number of H-pyrrole nitrogens is 1. The van der Waals surface area contributed by atoms with Gasteiger partial charge in [0.05, 0.1) is 40.5 Å². The number of hydrogen-bond donors (Lipinski definition) is 2. The number of rotatable bonds is 10. The molecule has 1 aromatic heterocycles. The molecular formula is C34H42FN3O10S2. The Balaban J connectivity index is 1.11. The SMILES string of the molecule is CC(C)(C)OC(=O)N(C[C@H](O)COc1cccc(S(=O)(=O)C2CC2)c1)[C@H]1COC2(CCN(S(=O)(=O)c3c[nH]c4cc(F)ccc4c3=O)CC2)C1. The minimum absolute atomic E-state index is 0.0628. The molecule has 3 aromatic rings. The Morgan fingerprint density at radius 3 is 2.54 bits per heavy atom. The smallest absolute Gasteiger partial charge is 0.410 e. The fourth-order valence-electron chi connectivity index (χ4n) is 6.49. The number of aliphatic hydroxyl groups is 1. The summed E-state index contributed by atoms with van der Waals surface area (Å²) in [7, 11) is -7.61. The zero-order chi connectivity index (χ0) is 36.1. The van der Waals surface area contributed by atoms with Crippen molar-refractivity contribution in [1.29, 1.82) is 0 Å². The summed E-state index contributed by atoms with van der Waals surface area (Å²) in [5, 5.41) is 10.7. The number of sulfonamides is 1. The number of aliphatic hydroxyl groups excluding tert-OH is 1. The number of piperidine rings is 1. The number of sulfone groups is 1. The number of ether oxygens (including phenoxy) is 3. The lowest BCUT2D eigenvalue weighted by Gasteiger charge is -2.38. The highest BCUT2D eigenvalue weighted by atomic mass is 32.2. The van der Waals surface area contributed by atoms with Gasteiger partial charge < -0.3 is 29.2 Å². The summed E-state index contributed by atoms with van der Waals surface area (Å²) < 4.78 is 85.0. The van der Waals surface area contributed by atoms with Crippen molar-refractivity contribution in [2.75, 3.05) is 32.8 Å². The van der Waals surface area contributed by atoms with Crippen molar-refractivity contribution >= 4 is 36.9 Å². The van der Waals surface area contributed by atoms with Crippen molar-refractivity contribution < 1.29 is 45.3 Å². The summed E-state index contributed by atoms with van der Waals surface area (Å²) in [5.41, 5.74) is -2.10. The van der Waals surface area contributed by atoms with Crippen LogP contribution in [0.25, 0.3) is 10.9 Å². The van der Waals surface area contributed by atoms with Crippen LogP contribution in [0.15, 0.2) is 63.2 Å². The van der Waals surface area contributed by atoms with Gasteiger partial charge in [-0.15, -0.1) is 0 Å². The van der Waals surface area contributed by atoms with E-state index in [1.165, 1.54) is 27.4 Å². The zero-order valence-electron chi connectivity index (χ0n) is 28.1. The first-order valence-corrected chi connectivity index (χ1v) is 19.6. The molecule has 0 bridgehead atoms. The molecule has 272 valence electrons. The van der Waals surface area contributed by atoms with Crippen LogP contribution in [0.2, 0.25) is 0 Å². The normalized spacial score (nSPS) is 20.5. The van der Waals surface area contributed by atoms with Gasteiger partial charge in [-0.05, 0) is 89.3 Å². The van der Waals surface area contributed by atoms with Gasteiger partial charge in [-0.1, -0.05) is 6.07 Å². The van der Waals surface area contributed by atoms with Crippen molar-refractivity contribution in [1.82, 2.24) is 14.2 Å². The maximum Gasteiger partial charge on any atom is 0.410 e. The third kappa shape index (κ3) is 7.68. The summed E-state index contributed by atoms with van der Waals surface area (Å²) in [6.07, 6.45) is 1.49. The summed E-state index contributed by atoms with van der Waals surface area (Å²) in [5.74, 6) is -0.281. The average Bonchev–Trinajstić information content (AvgIpc) is 3.85. The molecule has 3 heterocycles. The van der Waals surface area contributed by atoms with Gasteiger partial charge in [-0.2, -0.15) is 4.31 Å². The first-order valence-electron chi connectivity index (χ1n) is 16.6. The molecule has 16 heteroatoms. The molecule has 3 fully saturated rings. The van der Waals surface area contributed by atoms with Crippen molar-refractivity contribution in [3.63, 3.8) is 0 Å². The Labute approximate surface area is 290 Å². The van der Waals surface area contributed by atoms with Gasteiger partial charge in [0.15, 0.2) is 9.84 Å². The second-order valence-electron chi connectivity index (χ2n) is 14.2. The van der Waals surface area contributed by atoms with Gasteiger partial charge in [0.2, 0.25) is 15.5 Å². The number of halogens is 1. The fourth-order valence-corrected chi connectivity index (χ4v) is 9.67. The average molecular weight is 736 g/mol. The van der Waals surface area contributed by atoms with E-state index in [9.17, 15) is 35.9 Å². The van der Waals surface area contributed by atoms with Gasteiger partial charge in [-0.25, -0.2) is 26.0 Å². The molecule has 1 spiro atoms. The first-order chi connectivity index (χ1) is 23.5. The lowest BCUT2D eigenvalue weighted by Crippen LogP contribution is -2.50. The molecule has 1 aliphatic carbocycles. The lowest BCUT2D eigenvalue weighted by molar-refractivity contribution is -0.0329. The Bertz CT molecular complexity index is 2040. The van der Waals surface area contributed by atoms with E-state index < -0.39 is 65.4 Å². The highest BCUT2D eigenvalue weighted by Crippen LogP contribution is 2.39. The largest absolute Gasteiger partial charge is 0.491 e. The molecule has 50 heavy (non-hydrogen) atoms. The van der Waals surface area contributed by atoms with E-state index in [2.05, 4.69) is 4.98 Å². The van der Waals surface area contributed by atoms with Crippen LogP contribution in [-0.2, 0) is 29.3 Å². The predicted octanol–water partition coefficient (Wildman–Crippen LogP) is 3.59. The number of benzene rings is 2. The van der Waals surface area contributed by atoms with Gasteiger partial charge in [0.25, 0.3) is 0 Å². The van der Waals surface area contributed by atoms with Crippen LogP contribution in [-0.4, -0.2) is 104 Å². The maximum absolute atomic E-state index is 13.6. The molecule has 0 unspecified atom stereocenters. The summed E-state index contributed by atoms with van der Waals surface area (Å²) in [6.45, 7) is 5.06. The monoisotopic (exact) mass is 735 g/mol. The molecule has 3 aliphatic rings. The van der Waals surface area contributed by atoms with Crippen molar-refractivity contribution in [2.24, 2.45) is 0 Å². The minimum Gasteiger partial charge on any atom is -0.491 e. The molecule has 1 saturated carbocycles. The number of aromatic amines is 1. The van der Waals surface area contributed by atoms with Crippen molar-refractivity contribution in [2.45, 2.75) is 91.3 Å². The molecule has 2 atom stereocenters. The second kappa shape index (κ2) is 13.5. The predicted molar refractivity (Wildman–Crippen MR) is 181 cm³/mol. The summed E-state index contributed by atoms with van der Waals surface area (Å²) in [6, 6.07) is 9.11. The highest BCUT2D eigenvalue weighted by molar-refractivity contribution is 7.92. The standard InChI is InChI=1S/C34H42FN3O10S2/c1-33(2,3)48-32(41)38(19-24(39)21-46-25-5-4-6-27(16-25)49(42,43)26-8-9-26)23-17-34(47-20-23)11-13-37(14-12-34)50(44,45)30-18-36-29-15-22(35)7-10-28(29)31(30)40/h4-7,10,15-16,18,23-24,26,39H,8-9,11-14,17,19-21H2,1-3H3,(H,36,40)/t23-,24+/m1/s1. The number of carbonyl (C=O) groups is 1. The number of nitrogens with one attached hydrogen (secondary N) is 1. The van der Waals surface area contributed by atoms with Gasteiger partial charge in [0.1, 0.15) is 34.8 Å². The summed E-state index contributed by atoms with van der Waals surface area (Å²) >= 11 is 0. The van der Waals surface area contributed by atoms with E-state index in [0.29, 0.717) is 32.1 Å². The van der Waals surface area contributed by atoms with Gasteiger partial charge in [-0.3, -0.25) is 4.79 Å². The number of hydrogen-bond acceptors (Lipinski definition) is 10. The molecule has 2 aromatic carbocycles. The van der Waals surface area contributed by atoms with Crippen molar-refractivity contribution in [3.05, 3.63) is 64.7 Å². The van der Waals surface area contributed by atoms with Crippen LogP contribution >= 0.6 is 0 Å². The number of pyridine rings is 1. The molecular weight excluding hydrogens is 694 g/mol. The Morgan fingerprint density at radius 1 is 1.14 bits per heavy atom. The van der Waals surface area contributed by atoms with Crippen LogP contribution in [0.3, 0.4) is 0 Å². The van der Waals surface area contributed by atoms with E-state index in [0.717, 1.165) is 18.3 Å². The Kier molecular flexibility index (Phi) is 9.80. The van der Waals surface area contributed by atoms with E-state index in [-0.39, 0.29) is 59.6 Å². The minimum atomic E-state index is -4.19. The first kappa shape index (κ1) is 36.2. The third-order valence-electron chi connectivity index (χ3n) is 9.27. The Morgan fingerprint density at radius 2 is 1.86 bits per heavy atom. The zero-order valence-corrected chi connectivity index (χ0v) is 29.8. The molecule has 2 N–H and O–H groups in total. The summed E-state index contributed by atoms with van der Waals surface area (Å²) in [4.78, 5) is 30.4. The number of fused-ring (bicyclic) bond motifs is 1. The quantitative estimate of drug-likeness (QED) is 0.314. The Hall–Kier alpha value is -3.57. The van der Waals surface area contributed by atoms with Crippen molar-refractivity contribution in [3.8, 4) is 5.75 Å².